The van der Waals surface area contributed by atoms with Crippen LogP contribution in [-0.2, 0) is 9.53 Å². The SMILES string of the molecule is CCCOCC(=O)NC1(CN)CCCC1. The lowest BCUT2D eigenvalue weighted by Gasteiger charge is -2.28. The Morgan fingerprint density at radius 2 is 2.13 bits per heavy atom. The first kappa shape index (κ1) is 12.5. The molecule has 0 heterocycles. The highest BCUT2D eigenvalue weighted by atomic mass is 16.5. The second kappa shape index (κ2) is 6.08. The van der Waals surface area contributed by atoms with Gasteiger partial charge < -0.3 is 15.8 Å². The molecule has 1 fully saturated rings. The molecule has 0 aromatic rings. The molecule has 0 atom stereocenters. The van der Waals surface area contributed by atoms with Gasteiger partial charge in [0.15, 0.2) is 0 Å². The molecule has 1 saturated carbocycles. The van der Waals surface area contributed by atoms with Crippen LogP contribution in [-0.4, -0.2) is 31.2 Å². The van der Waals surface area contributed by atoms with Crippen LogP contribution in [0, 0.1) is 0 Å². The average Bonchev–Trinajstić information content (AvgIpc) is 2.67. The van der Waals surface area contributed by atoms with Crippen molar-refractivity contribution in [2.45, 2.75) is 44.6 Å². The Hall–Kier alpha value is -0.610. The summed E-state index contributed by atoms with van der Waals surface area (Å²) < 4.78 is 5.19. The molecule has 15 heavy (non-hydrogen) atoms. The summed E-state index contributed by atoms with van der Waals surface area (Å²) >= 11 is 0. The highest BCUT2D eigenvalue weighted by molar-refractivity contribution is 5.78. The van der Waals surface area contributed by atoms with Gasteiger partial charge in [-0.1, -0.05) is 19.8 Å². The predicted octanol–water partition coefficient (Wildman–Crippen LogP) is 0.801. The summed E-state index contributed by atoms with van der Waals surface area (Å²) in [6, 6.07) is 0. The maximum Gasteiger partial charge on any atom is 0.246 e. The van der Waals surface area contributed by atoms with E-state index in [0.29, 0.717) is 13.2 Å². The smallest absolute Gasteiger partial charge is 0.246 e. The molecular formula is C11H22N2O2. The second-order valence-corrected chi connectivity index (χ2v) is 4.29. The van der Waals surface area contributed by atoms with Gasteiger partial charge in [-0.3, -0.25) is 4.79 Å². The third-order valence-electron chi connectivity index (χ3n) is 2.94. The van der Waals surface area contributed by atoms with Gasteiger partial charge in [0.05, 0.1) is 5.54 Å². The van der Waals surface area contributed by atoms with E-state index in [1.165, 1.54) is 0 Å². The first-order valence-corrected chi connectivity index (χ1v) is 5.81. The molecule has 88 valence electrons. The normalized spacial score (nSPS) is 19.1. The molecular weight excluding hydrogens is 192 g/mol. The lowest BCUT2D eigenvalue weighted by atomic mass is 9.98. The average molecular weight is 214 g/mol. The van der Waals surface area contributed by atoms with Crippen LogP contribution >= 0.6 is 0 Å². The van der Waals surface area contributed by atoms with Crippen LogP contribution < -0.4 is 11.1 Å². The molecule has 0 aromatic heterocycles. The van der Waals surface area contributed by atoms with E-state index in [-0.39, 0.29) is 18.1 Å². The largest absolute Gasteiger partial charge is 0.372 e. The Morgan fingerprint density at radius 3 is 2.67 bits per heavy atom. The van der Waals surface area contributed by atoms with Crippen molar-refractivity contribution in [3.63, 3.8) is 0 Å². The summed E-state index contributed by atoms with van der Waals surface area (Å²) in [5.41, 5.74) is 5.57. The van der Waals surface area contributed by atoms with Crippen molar-refractivity contribution < 1.29 is 9.53 Å². The van der Waals surface area contributed by atoms with E-state index < -0.39 is 0 Å². The predicted molar refractivity (Wildman–Crippen MR) is 59.5 cm³/mol. The lowest BCUT2D eigenvalue weighted by molar-refractivity contribution is -0.127. The first-order chi connectivity index (χ1) is 7.22. The number of amides is 1. The maximum atomic E-state index is 11.5. The molecule has 1 aliphatic rings. The molecule has 1 amide bonds. The van der Waals surface area contributed by atoms with E-state index in [4.69, 9.17) is 10.5 Å². The van der Waals surface area contributed by atoms with E-state index in [2.05, 4.69) is 5.32 Å². The van der Waals surface area contributed by atoms with Crippen LogP contribution in [0.1, 0.15) is 39.0 Å². The minimum Gasteiger partial charge on any atom is -0.372 e. The number of ether oxygens (including phenoxy) is 1. The van der Waals surface area contributed by atoms with Gasteiger partial charge in [0.25, 0.3) is 0 Å². The van der Waals surface area contributed by atoms with Crippen molar-refractivity contribution >= 4 is 5.91 Å². The van der Waals surface area contributed by atoms with Crippen molar-refractivity contribution in [2.75, 3.05) is 19.8 Å². The summed E-state index contributed by atoms with van der Waals surface area (Å²) in [4.78, 5) is 11.5. The van der Waals surface area contributed by atoms with Crippen molar-refractivity contribution in [2.24, 2.45) is 5.73 Å². The van der Waals surface area contributed by atoms with Gasteiger partial charge in [0.2, 0.25) is 5.91 Å². The highest BCUT2D eigenvalue weighted by Gasteiger charge is 2.33. The molecule has 0 radical (unpaired) electrons. The number of carbonyl (C=O) groups is 1. The van der Waals surface area contributed by atoms with Crippen LogP contribution in [0.3, 0.4) is 0 Å². The molecule has 0 aromatic carbocycles. The molecule has 0 bridgehead atoms. The molecule has 0 saturated heterocycles. The summed E-state index contributed by atoms with van der Waals surface area (Å²) in [6.07, 6.45) is 5.27. The van der Waals surface area contributed by atoms with Gasteiger partial charge in [0.1, 0.15) is 6.61 Å². The van der Waals surface area contributed by atoms with Gasteiger partial charge >= 0.3 is 0 Å². The molecule has 0 spiro atoms. The molecule has 4 heteroatoms. The number of rotatable bonds is 6. The van der Waals surface area contributed by atoms with E-state index in [1.54, 1.807) is 0 Å². The number of hydrogen-bond donors (Lipinski definition) is 2. The third-order valence-corrected chi connectivity index (χ3v) is 2.94. The number of nitrogens with one attached hydrogen (secondary N) is 1. The van der Waals surface area contributed by atoms with E-state index in [0.717, 1.165) is 32.1 Å². The van der Waals surface area contributed by atoms with Crippen molar-refractivity contribution in [1.29, 1.82) is 0 Å². The minimum absolute atomic E-state index is 0.0317. The third kappa shape index (κ3) is 3.80. The number of nitrogens with two attached hydrogens (primary N) is 1. The topological polar surface area (TPSA) is 64.3 Å². The summed E-state index contributed by atoms with van der Waals surface area (Å²) in [5, 5.41) is 3.01. The Kier molecular flexibility index (Phi) is 5.05. The molecule has 0 aliphatic heterocycles. The molecule has 0 unspecified atom stereocenters. The standard InChI is InChI=1S/C11H22N2O2/c1-2-7-15-8-10(14)13-11(9-12)5-3-4-6-11/h2-9,12H2,1H3,(H,13,14). The van der Waals surface area contributed by atoms with Crippen LogP contribution in [0.4, 0.5) is 0 Å². The van der Waals surface area contributed by atoms with E-state index in [1.807, 2.05) is 6.92 Å². The quantitative estimate of drug-likeness (QED) is 0.643. The Labute approximate surface area is 91.5 Å². The fraction of sp³-hybridized carbons (Fsp3) is 0.909. The Bertz CT molecular complexity index is 201. The van der Waals surface area contributed by atoms with Gasteiger partial charge in [-0.15, -0.1) is 0 Å². The van der Waals surface area contributed by atoms with Crippen LogP contribution in [0.2, 0.25) is 0 Å². The zero-order valence-corrected chi connectivity index (χ0v) is 9.55. The van der Waals surface area contributed by atoms with Gasteiger partial charge in [-0.2, -0.15) is 0 Å². The summed E-state index contributed by atoms with van der Waals surface area (Å²) in [6.45, 7) is 3.36. The number of hydrogen-bond acceptors (Lipinski definition) is 3. The van der Waals surface area contributed by atoms with Gasteiger partial charge in [-0.05, 0) is 19.3 Å². The Morgan fingerprint density at radius 1 is 1.47 bits per heavy atom. The van der Waals surface area contributed by atoms with E-state index >= 15 is 0 Å². The van der Waals surface area contributed by atoms with Crippen molar-refractivity contribution in [3.05, 3.63) is 0 Å². The zero-order chi connectivity index (χ0) is 11.1. The van der Waals surface area contributed by atoms with E-state index in [9.17, 15) is 4.79 Å². The fourth-order valence-corrected chi connectivity index (χ4v) is 2.07. The minimum atomic E-state index is -0.146. The molecule has 3 N–H and O–H groups in total. The monoisotopic (exact) mass is 214 g/mol. The van der Waals surface area contributed by atoms with Crippen molar-refractivity contribution in [1.82, 2.24) is 5.32 Å². The summed E-state index contributed by atoms with van der Waals surface area (Å²) in [5.74, 6) is -0.0317. The van der Waals surface area contributed by atoms with Gasteiger partial charge in [-0.25, -0.2) is 0 Å². The molecule has 1 rings (SSSR count). The highest BCUT2D eigenvalue weighted by Crippen LogP contribution is 2.28. The zero-order valence-electron chi connectivity index (χ0n) is 9.55. The van der Waals surface area contributed by atoms with Crippen LogP contribution in [0.25, 0.3) is 0 Å². The Balaban J connectivity index is 2.28. The molecule has 1 aliphatic carbocycles. The van der Waals surface area contributed by atoms with Crippen molar-refractivity contribution in [3.8, 4) is 0 Å². The van der Waals surface area contributed by atoms with Gasteiger partial charge in [0, 0.05) is 13.2 Å². The van der Waals surface area contributed by atoms with Crippen LogP contribution in [0.5, 0.6) is 0 Å². The maximum absolute atomic E-state index is 11.5. The number of carbonyl (C=O) groups excluding carboxylic acids is 1. The molecule has 4 nitrogen and oxygen atoms in total. The second-order valence-electron chi connectivity index (χ2n) is 4.29. The lowest BCUT2D eigenvalue weighted by Crippen LogP contribution is -2.52. The first-order valence-electron chi connectivity index (χ1n) is 5.81. The fourth-order valence-electron chi connectivity index (χ4n) is 2.07. The van der Waals surface area contributed by atoms with Crippen LogP contribution in [0.15, 0.2) is 0 Å². The summed E-state index contributed by atoms with van der Waals surface area (Å²) in [7, 11) is 0.